The van der Waals surface area contributed by atoms with Gasteiger partial charge in [-0.15, -0.1) is 0 Å². The summed E-state index contributed by atoms with van der Waals surface area (Å²) in [6.45, 7) is 5.74. The van der Waals surface area contributed by atoms with Crippen LogP contribution in [0.2, 0.25) is 0 Å². The highest BCUT2D eigenvalue weighted by molar-refractivity contribution is 5.77. The van der Waals surface area contributed by atoms with Crippen molar-refractivity contribution in [3.63, 3.8) is 0 Å². The molecule has 1 aromatic carbocycles. The average Bonchev–Trinajstić information content (AvgIpc) is 2.43. The normalized spacial score (nSPS) is 17.1. The van der Waals surface area contributed by atoms with Crippen LogP contribution in [0.3, 0.4) is 0 Å². The number of ether oxygens (including phenoxy) is 3. The molecule has 0 spiro atoms. The number of nitrogens with one attached hydrogen (secondary N) is 1. The summed E-state index contributed by atoms with van der Waals surface area (Å²) < 4.78 is 15.6. The second kappa shape index (κ2) is 6.45. The van der Waals surface area contributed by atoms with Gasteiger partial charge in [0.1, 0.15) is 11.6 Å². The monoisotopic (exact) mass is 323 g/mol. The Morgan fingerprint density at radius 2 is 1.96 bits per heavy atom. The minimum atomic E-state index is -0.964. The predicted molar refractivity (Wildman–Crippen MR) is 81.9 cm³/mol. The van der Waals surface area contributed by atoms with E-state index in [9.17, 15) is 14.7 Å². The summed E-state index contributed by atoms with van der Waals surface area (Å²) >= 11 is 0. The molecule has 0 bridgehead atoms. The molecule has 0 aromatic heterocycles. The van der Waals surface area contributed by atoms with Gasteiger partial charge in [0.15, 0.2) is 11.5 Å². The van der Waals surface area contributed by atoms with Gasteiger partial charge in [0, 0.05) is 6.54 Å². The SMILES string of the molecule is COc1cc2c(cc1OC(=O)OC(C)(C)C)CCNC2C(=O)O. The Labute approximate surface area is 134 Å². The fraction of sp³-hybridized carbons (Fsp3) is 0.500. The molecule has 0 saturated carbocycles. The fourth-order valence-electron chi connectivity index (χ4n) is 2.38. The Kier molecular flexibility index (Phi) is 4.79. The largest absolute Gasteiger partial charge is 0.514 e. The smallest absolute Gasteiger partial charge is 0.493 e. The standard InChI is InChI=1S/C16H21NO6/c1-16(2,3)23-15(20)22-12-7-9-5-6-17-13(14(18)19)10(9)8-11(12)21-4/h7-8,13,17H,5-6H2,1-4H3,(H,18,19). The number of hydrogen-bond acceptors (Lipinski definition) is 6. The molecule has 7 nitrogen and oxygen atoms in total. The van der Waals surface area contributed by atoms with Crippen molar-refractivity contribution in [1.29, 1.82) is 0 Å². The fourth-order valence-corrected chi connectivity index (χ4v) is 2.38. The average molecular weight is 323 g/mol. The van der Waals surface area contributed by atoms with E-state index in [4.69, 9.17) is 14.2 Å². The minimum Gasteiger partial charge on any atom is -0.493 e. The van der Waals surface area contributed by atoms with E-state index in [0.717, 1.165) is 5.56 Å². The van der Waals surface area contributed by atoms with E-state index >= 15 is 0 Å². The number of rotatable bonds is 3. The second-order valence-corrected chi connectivity index (χ2v) is 6.24. The zero-order valence-electron chi connectivity index (χ0n) is 13.6. The Morgan fingerprint density at radius 3 is 2.52 bits per heavy atom. The Balaban J connectivity index is 2.31. The number of carboxylic acids is 1. The van der Waals surface area contributed by atoms with Gasteiger partial charge >= 0.3 is 12.1 Å². The maximum Gasteiger partial charge on any atom is 0.514 e. The third-order valence-corrected chi connectivity index (χ3v) is 3.31. The van der Waals surface area contributed by atoms with E-state index in [-0.39, 0.29) is 11.5 Å². The first-order chi connectivity index (χ1) is 10.7. The molecule has 7 heteroatoms. The molecule has 1 aliphatic heterocycles. The van der Waals surface area contributed by atoms with Crippen molar-refractivity contribution in [2.24, 2.45) is 0 Å². The van der Waals surface area contributed by atoms with Crippen LogP contribution in [-0.4, -0.2) is 36.5 Å². The lowest BCUT2D eigenvalue weighted by Crippen LogP contribution is -2.35. The molecule has 1 aromatic rings. The highest BCUT2D eigenvalue weighted by Gasteiger charge is 2.28. The summed E-state index contributed by atoms with van der Waals surface area (Å²) in [5.41, 5.74) is 0.740. The number of carbonyl (C=O) groups excluding carboxylic acids is 1. The van der Waals surface area contributed by atoms with Crippen molar-refractivity contribution in [3.8, 4) is 11.5 Å². The van der Waals surface area contributed by atoms with Crippen LogP contribution in [0.5, 0.6) is 11.5 Å². The van der Waals surface area contributed by atoms with Gasteiger partial charge in [0.2, 0.25) is 0 Å². The molecule has 0 saturated heterocycles. The molecular formula is C16H21NO6. The van der Waals surface area contributed by atoms with Gasteiger partial charge < -0.3 is 24.6 Å². The molecule has 23 heavy (non-hydrogen) atoms. The molecule has 0 fully saturated rings. The number of benzene rings is 1. The first kappa shape index (κ1) is 17.1. The molecule has 2 N–H and O–H groups in total. The first-order valence-electron chi connectivity index (χ1n) is 7.29. The summed E-state index contributed by atoms with van der Waals surface area (Å²) in [4.78, 5) is 23.2. The van der Waals surface area contributed by atoms with Crippen LogP contribution in [0, 0.1) is 0 Å². The summed E-state index contributed by atoms with van der Waals surface area (Å²) in [5, 5.41) is 12.2. The molecule has 0 aliphatic carbocycles. The van der Waals surface area contributed by atoms with Gasteiger partial charge in [-0.05, 0) is 50.5 Å². The summed E-state index contributed by atoms with van der Waals surface area (Å²) in [6.07, 6.45) is -0.201. The van der Waals surface area contributed by atoms with Crippen molar-refractivity contribution in [3.05, 3.63) is 23.3 Å². The highest BCUT2D eigenvalue weighted by Crippen LogP contribution is 2.35. The van der Waals surface area contributed by atoms with E-state index in [0.29, 0.717) is 18.5 Å². The first-order valence-corrected chi connectivity index (χ1v) is 7.29. The summed E-state index contributed by atoms with van der Waals surface area (Å²) in [6, 6.07) is 2.41. The maximum atomic E-state index is 11.8. The van der Waals surface area contributed by atoms with Crippen molar-refractivity contribution in [2.45, 2.75) is 38.8 Å². The van der Waals surface area contributed by atoms with E-state index in [2.05, 4.69) is 5.32 Å². The number of methoxy groups -OCH3 is 1. The Bertz CT molecular complexity index is 620. The van der Waals surface area contributed by atoms with Crippen molar-refractivity contribution >= 4 is 12.1 Å². The topological polar surface area (TPSA) is 94.1 Å². The highest BCUT2D eigenvalue weighted by atomic mass is 16.7. The molecule has 1 atom stereocenters. The zero-order valence-corrected chi connectivity index (χ0v) is 13.6. The van der Waals surface area contributed by atoms with Crippen molar-refractivity contribution in [2.75, 3.05) is 13.7 Å². The van der Waals surface area contributed by atoms with Crippen LogP contribution in [0.15, 0.2) is 12.1 Å². The number of carboxylic acid groups (broad SMARTS) is 1. The van der Waals surface area contributed by atoms with Crippen LogP contribution < -0.4 is 14.8 Å². The lowest BCUT2D eigenvalue weighted by molar-refractivity contribution is -0.139. The van der Waals surface area contributed by atoms with E-state index in [1.54, 1.807) is 32.9 Å². The van der Waals surface area contributed by atoms with Gasteiger partial charge in [0.05, 0.1) is 7.11 Å². The third-order valence-electron chi connectivity index (χ3n) is 3.31. The molecule has 0 radical (unpaired) electrons. The van der Waals surface area contributed by atoms with Gasteiger partial charge in [0.25, 0.3) is 0 Å². The van der Waals surface area contributed by atoms with Crippen LogP contribution in [-0.2, 0) is 16.0 Å². The van der Waals surface area contributed by atoms with Crippen molar-refractivity contribution in [1.82, 2.24) is 5.32 Å². The molecule has 0 amide bonds. The predicted octanol–water partition coefficient (Wildman–Crippen LogP) is 2.28. The second-order valence-electron chi connectivity index (χ2n) is 6.24. The molecule has 126 valence electrons. The number of hydrogen-bond donors (Lipinski definition) is 2. The lowest BCUT2D eigenvalue weighted by Gasteiger charge is -2.25. The number of carbonyl (C=O) groups is 2. The summed E-state index contributed by atoms with van der Waals surface area (Å²) in [7, 11) is 1.43. The van der Waals surface area contributed by atoms with E-state index in [1.165, 1.54) is 7.11 Å². The van der Waals surface area contributed by atoms with Crippen LogP contribution in [0.25, 0.3) is 0 Å². The molecule has 1 heterocycles. The van der Waals surface area contributed by atoms with Gasteiger partial charge in [-0.25, -0.2) is 4.79 Å². The number of aliphatic carboxylic acids is 1. The lowest BCUT2D eigenvalue weighted by atomic mass is 9.93. The van der Waals surface area contributed by atoms with Gasteiger partial charge in [-0.3, -0.25) is 4.79 Å². The zero-order chi connectivity index (χ0) is 17.2. The van der Waals surface area contributed by atoms with E-state index in [1.807, 2.05) is 0 Å². The molecule has 1 unspecified atom stereocenters. The van der Waals surface area contributed by atoms with E-state index < -0.39 is 23.8 Å². The Hall–Kier alpha value is -2.28. The van der Waals surface area contributed by atoms with Crippen molar-refractivity contribution < 1.29 is 28.9 Å². The molecule has 1 aliphatic rings. The quantitative estimate of drug-likeness (QED) is 0.651. The van der Waals surface area contributed by atoms with Gasteiger partial charge in [-0.2, -0.15) is 0 Å². The third kappa shape index (κ3) is 4.13. The van der Waals surface area contributed by atoms with Crippen LogP contribution in [0.1, 0.15) is 37.9 Å². The van der Waals surface area contributed by atoms with Crippen LogP contribution in [0.4, 0.5) is 4.79 Å². The van der Waals surface area contributed by atoms with Gasteiger partial charge in [-0.1, -0.05) is 0 Å². The molecule has 2 rings (SSSR count). The summed E-state index contributed by atoms with van der Waals surface area (Å²) in [5.74, 6) is -0.468. The Morgan fingerprint density at radius 1 is 1.26 bits per heavy atom. The maximum absolute atomic E-state index is 11.8. The molecular weight excluding hydrogens is 302 g/mol. The van der Waals surface area contributed by atoms with Crippen LogP contribution >= 0.6 is 0 Å². The minimum absolute atomic E-state index is 0.214. The number of fused-ring (bicyclic) bond motifs is 1.